The summed E-state index contributed by atoms with van der Waals surface area (Å²) in [5.74, 6) is 0.150. The summed E-state index contributed by atoms with van der Waals surface area (Å²) in [7, 11) is 1.91. The molecule has 2 rings (SSSR count). The second-order valence-electron chi connectivity index (χ2n) is 5.44. The van der Waals surface area contributed by atoms with Crippen molar-refractivity contribution in [1.29, 1.82) is 0 Å². The third-order valence-electron chi connectivity index (χ3n) is 3.53. The van der Waals surface area contributed by atoms with Crippen LogP contribution in [0.15, 0.2) is 12.1 Å². The molecule has 1 saturated carbocycles. The summed E-state index contributed by atoms with van der Waals surface area (Å²) >= 11 is 1.54. The summed E-state index contributed by atoms with van der Waals surface area (Å²) in [6.45, 7) is 3.00. The standard InChI is InChI=1S/C14H21NO2S/c1-11-5-6-13(18-11)12(16)9-15(2)10-14(17)7-3-4-8-14/h5-6,17H,3-4,7-10H2,1-2H3. The number of Topliss-reactive ketones (excluding diaryl/α,β-unsaturated/α-hetero) is 1. The predicted molar refractivity (Wildman–Crippen MR) is 74.3 cm³/mol. The quantitative estimate of drug-likeness (QED) is 0.833. The van der Waals surface area contributed by atoms with Gasteiger partial charge in [-0.15, -0.1) is 11.3 Å². The van der Waals surface area contributed by atoms with Gasteiger partial charge in [-0.2, -0.15) is 0 Å². The van der Waals surface area contributed by atoms with Crippen molar-refractivity contribution in [3.05, 3.63) is 21.9 Å². The molecule has 1 aliphatic rings. The van der Waals surface area contributed by atoms with Crippen LogP contribution in [0.5, 0.6) is 0 Å². The lowest BCUT2D eigenvalue weighted by Gasteiger charge is -2.27. The van der Waals surface area contributed by atoms with E-state index < -0.39 is 5.60 Å². The largest absolute Gasteiger partial charge is 0.389 e. The van der Waals surface area contributed by atoms with Gasteiger partial charge in [0, 0.05) is 11.4 Å². The van der Waals surface area contributed by atoms with Gasteiger partial charge in [0.15, 0.2) is 5.78 Å². The first-order valence-corrected chi connectivity index (χ1v) is 7.31. The summed E-state index contributed by atoms with van der Waals surface area (Å²) in [5.41, 5.74) is -0.569. The van der Waals surface area contributed by atoms with Crippen molar-refractivity contribution < 1.29 is 9.90 Å². The highest BCUT2D eigenvalue weighted by atomic mass is 32.1. The van der Waals surface area contributed by atoms with Gasteiger partial charge in [-0.25, -0.2) is 0 Å². The molecule has 1 N–H and O–H groups in total. The smallest absolute Gasteiger partial charge is 0.186 e. The average Bonchev–Trinajstić information content (AvgIpc) is 2.87. The fourth-order valence-corrected chi connectivity index (χ4v) is 3.45. The van der Waals surface area contributed by atoms with E-state index in [2.05, 4.69) is 0 Å². The van der Waals surface area contributed by atoms with E-state index in [0.717, 1.165) is 35.4 Å². The number of aliphatic hydroxyl groups is 1. The lowest BCUT2D eigenvalue weighted by Crippen LogP contribution is -2.41. The Morgan fingerprint density at radius 3 is 2.67 bits per heavy atom. The molecule has 0 aromatic carbocycles. The molecule has 0 unspecified atom stereocenters. The van der Waals surface area contributed by atoms with Gasteiger partial charge in [-0.3, -0.25) is 9.69 Å². The van der Waals surface area contributed by atoms with Crippen LogP contribution in [-0.2, 0) is 0 Å². The molecule has 1 heterocycles. The highest BCUT2D eigenvalue weighted by Crippen LogP contribution is 2.30. The van der Waals surface area contributed by atoms with Crippen LogP contribution in [0.2, 0.25) is 0 Å². The summed E-state index contributed by atoms with van der Waals surface area (Å²) in [6.07, 6.45) is 3.93. The molecule has 100 valence electrons. The van der Waals surface area contributed by atoms with Crippen LogP contribution in [-0.4, -0.2) is 41.5 Å². The molecule has 0 atom stereocenters. The summed E-state index contributed by atoms with van der Waals surface area (Å²) in [6, 6.07) is 3.86. The number of carbonyl (C=O) groups excluding carboxylic acids is 1. The minimum atomic E-state index is -0.569. The van der Waals surface area contributed by atoms with E-state index in [9.17, 15) is 9.90 Å². The Kier molecular flexibility index (Phi) is 4.20. The number of hydrogen-bond donors (Lipinski definition) is 1. The number of ketones is 1. The van der Waals surface area contributed by atoms with E-state index in [1.807, 2.05) is 31.0 Å². The second kappa shape index (κ2) is 5.51. The van der Waals surface area contributed by atoms with Gasteiger partial charge >= 0.3 is 0 Å². The summed E-state index contributed by atoms with van der Waals surface area (Å²) < 4.78 is 0. The fraction of sp³-hybridized carbons (Fsp3) is 0.643. The van der Waals surface area contributed by atoms with E-state index in [4.69, 9.17) is 0 Å². The third-order valence-corrected chi connectivity index (χ3v) is 4.57. The number of hydrogen-bond acceptors (Lipinski definition) is 4. The first-order valence-electron chi connectivity index (χ1n) is 6.49. The molecule has 0 spiro atoms. The zero-order chi connectivity index (χ0) is 13.2. The number of likely N-dealkylation sites (N-methyl/N-ethyl adjacent to an activating group) is 1. The van der Waals surface area contributed by atoms with Crippen molar-refractivity contribution in [1.82, 2.24) is 4.90 Å². The number of rotatable bonds is 5. The van der Waals surface area contributed by atoms with Crippen molar-refractivity contribution in [2.24, 2.45) is 0 Å². The molecular weight excluding hydrogens is 246 g/mol. The van der Waals surface area contributed by atoms with Crippen molar-refractivity contribution in [2.75, 3.05) is 20.1 Å². The van der Waals surface area contributed by atoms with Crippen molar-refractivity contribution in [3.63, 3.8) is 0 Å². The molecule has 1 fully saturated rings. The molecule has 0 bridgehead atoms. The average molecular weight is 267 g/mol. The Morgan fingerprint density at radius 2 is 2.11 bits per heavy atom. The zero-order valence-corrected chi connectivity index (χ0v) is 11.9. The van der Waals surface area contributed by atoms with Gasteiger partial charge in [0.2, 0.25) is 0 Å². The predicted octanol–water partition coefficient (Wildman–Crippen LogP) is 2.48. The molecule has 1 aromatic rings. The third kappa shape index (κ3) is 3.40. The maximum Gasteiger partial charge on any atom is 0.186 e. The SMILES string of the molecule is Cc1ccc(C(=O)CN(C)CC2(O)CCCC2)s1. The zero-order valence-electron chi connectivity index (χ0n) is 11.1. The highest BCUT2D eigenvalue weighted by Gasteiger charge is 2.32. The van der Waals surface area contributed by atoms with E-state index in [1.165, 1.54) is 0 Å². The Hall–Kier alpha value is -0.710. The van der Waals surface area contributed by atoms with Crippen LogP contribution >= 0.6 is 11.3 Å². The normalized spacial score (nSPS) is 18.4. The van der Waals surface area contributed by atoms with Crippen LogP contribution < -0.4 is 0 Å². The lowest BCUT2D eigenvalue weighted by atomic mass is 10.0. The van der Waals surface area contributed by atoms with E-state index in [1.54, 1.807) is 11.3 Å². The molecule has 1 aliphatic carbocycles. The van der Waals surface area contributed by atoms with Crippen LogP contribution in [0.3, 0.4) is 0 Å². The molecule has 0 saturated heterocycles. The van der Waals surface area contributed by atoms with Crippen molar-refractivity contribution in [3.8, 4) is 0 Å². The number of thiophene rings is 1. The lowest BCUT2D eigenvalue weighted by molar-refractivity contribution is 0.0173. The minimum Gasteiger partial charge on any atom is -0.389 e. The molecular formula is C14H21NO2S. The van der Waals surface area contributed by atoms with Crippen molar-refractivity contribution >= 4 is 17.1 Å². The van der Waals surface area contributed by atoms with Crippen LogP contribution in [0.4, 0.5) is 0 Å². The Bertz CT molecular complexity index is 421. The molecule has 0 radical (unpaired) electrons. The van der Waals surface area contributed by atoms with Gasteiger partial charge in [0.25, 0.3) is 0 Å². The molecule has 1 aromatic heterocycles. The molecule has 18 heavy (non-hydrogen) atoms. The molecule has 3 nitrogen and oxygen atoms in total. The highest BCUT2D eigenvalue weighted by molar-refractivity contribution is 7.14. The minimum absolute atomic E-state index is 0.150. The molecule has 0 amide bonds. The van der Waals surface area contributed by atoms with Crippen LogP contribution in [0.25, 0.3) is 0 Å². The Balaban J connectivity index is 1.87. The first-order chi connectivity index (χ1) is 8.48. The topological polar surface area (TPSA) is 40.5 Å². The Labute approximate surface area is 112 Å². The van der Waals surface area contributed by atoms with Crippen LogP contribution in [0, 0.1) is 6.92 Å². The van der Waals surface area contributed by atoms with Crippen molar-refractivity contribution in [2.45, 2.75) is 38.2 Å². The van der Waals surface area contributed by atoms with Gasteiger partial charge in [-0.1, -0.05) is 12.8 Å². The fourth-order valence-electron chi connectivity index (χ4n) is 2.66. The number of nitrogens with zero attached hydrogens (tertiary/aromatic N) is 1. The van der Waals surface area contributed by atoms with Gasteiger partial charge in [0.1, 0.15) is 0 Å². The van der Waals surface area contributed by atoms with Gasteiger partial charge in [-0.05, 0) is 38.9 Å². The molecule has 4 heteroatoms. The first kappa shape index (κ1) is 13.7. The Morgan fingerprint density at radius 1 is 1.44 bits per heavy atom. The van der Waals surface area contributed by atoms with E-state index >= 15 is 0 Å². The van der Waals surface area contributed by atoms with Crippen LogP contribution in [0.1, 0.15) is 40.2 Å². The number of carbonyl (C=O) groups is 1. The number of aryl methyl sites for hydroxylation is 1. The molecule has 0 aliphatic heterocycles. The summed E-state index contributed by atoms with van der Waals surface area (Å²) in [4.78, 5) is 16.0. The maximum atomic E-state index is 12.0. The van der Waals surface area contributed by atoms with E-state index in [0.29, 0.717) is 13.1 Å². The second-order valence-corrected chi connectivity index (χ2v) is 6.73. The van der Waals surface area contributed by atoms with E-state index in [-0.39, 0.29) is 5.78 Å². The van der Waals surface area contributed by atoms with Gasteiger partial charge < -0.3 is 5.11 Å². The maximum absolute atomic E-state index is 12.0. The summed E-state index contributed by atoms with van der Waals surface area (Å²) in [5, 5.41) is 10.3. The van der Waals surface area contributed by atoms with Gasteiger partial charge in [0.05, 0.1) is 17.0 Å². The monoisotopic (exact) mass is 267 g/mol.